The first kappa shape index (κ1) is 20.9. The summed E-state index contributed by atoms with van der Waals surface area (Å²) >= 11 is 2.00. The van der Waals surface area contributed by atoms with Crippen LogP contribution in [0.1, 0.15) is 24.5 Å². The topological polar surface area (TPSA) is 36.9 Å². The average Bonchev–Trinajstić information content (AvgIpc) is 2.62. The first-order valence-corrected chi connectivity index (χ1v) is 9.75. The summed E-state index contributed by atoms with van der Waals surface area (Å²) in [7, 11) is 1.77. The van der Waals surface area contributed by atoms with E-state index in [1.807, 2.05) is 30.0 Å². The lowest BCUT2D eigenvalue weighted by molar-refractivity contribution is -0.176. The molecule has 0 aliphatic carbocycles. The van der Waals surface area contributed by atoms with E-state index >= 15 is 0 Å². The molecule has 146 valence electrons. The molecule has 2 rings (SSSR count). The molecule has 1 fully saturated rings. The zero-order chi connectivity index (χ0) is 19.0. The van der Waals surface area contributed by atoms with Crippen molar-refractivity contribution in [2.45, 2.75) is 37.9 Å². The number of guanidine groups is 1. The van der Waals surface area contributed by atoms with Crippen LogP contribution < -0.4 is 5.32 Å². The number of aliphatic imine (C=N–C) groups is 1. The molecule has 1 N–H and O–H groups in total. The van der Waals surface area contributed by atoms with Gasteiger partial charge in [-0.2, -0.15) is 24.9 Å². The predicted octanol–water partition coefficient (Wildman–Crippen LogP) is 3.67. The van der Waals surface area contributed by atoms with Crippen LogP contribution in [-0.4, -0.2) is 54.8 Å². The van der Waals surface area contributed by atoms with E-state index in [4.69, 9.17) is 4.74 Å². The van der Waals surface area contributed by atoms with Crippen molar-refractivity contribution in [3.05, 3.63) is 35.4 Å². The van der Waals surface area contributed by atoms with E-state index in [1.165, 1.54) is 0 Å². The zero-order valence-electron chi connectivity index (χ0n) is 15.2. The molecule has 0 saturated carbocycles. The van der Waals surface area contributed by atoms with Gasteiger partial charge in [-0.3, -0.25) is 4.99 Å². The van der Waals surface area contributed by atoms with Crippen molar-refractivity contribution in [1.82, 2.24) is 10.2 Å². The second kappa shape index (κ2) is 10.1. The van der Waals surface area contributed by atoms with Crippen molar-refractivity contribution in [1.29, 1.82) is 0 Å². The summed E-state index contributed by atoms with van der Waals surface area (Å²) in [4.78, 5) is 6.63. The van der Waals surface area contributed by atoms with Gasteiger partial charge in [-0.1, -0.05) is 31.2 Å². The van der Waals surface area contributed by atoms with Gasteiger partial charge in [0.1, 0.15) is 6.61 Å². The van der Waals surface area contributed by atoms with E-state index in [1.54, 1.807) is 13.1 Å². The number of thioether (sulfide) groups is 1. The number of halogens is 3. The van der Waals surface area contributed by atoms with E-state index in [2.05, 4.69) is 22.1 Å². The molecular weight excluding hydrogens is 363 g/mol. The summed E-state index contributed by atoms with van der Waals surface area (Å²) in [6.45, 7) is 3.43. The normalized spacial score (nSPS) is 18.9. The highest BCUT2D eigenvalue weighted by Gasteiger charge is 2.27. The standard InChI is InChI=1S/C18H26F3N3OS/c1-3-16-11-24(7-8-26-16)17(22-2)23-10-14-5-4-6-15(9-14)12-25-13-18(19,20)21/h4-6,9,16H,3,7-8,10-13H2,1-2H3,(H,22,23). The Bertz CT molecular complexity index is 595. The van der Waals surface area contributed by atoms with Crippen LogP contribution in [0, 0.1) is 0 Å². The maximum Gasteiger partial charge on any atom is 0.411 e. The van der Waals surface area contributed by atoms with Crippen LogP contribution in [0.5, 0.6) is 0 Å². The number of ether oxygens (including phenoxy) is 1. The third-order valence-electron chi connectivity index (χ3n) is 4.08. The number of nitrogens with zero attached hydrogens (tertiary/aromatic N) is 2. The number of hydrogen-bond donors (Lipinski definition) is 1. The monoisotopic (exact) mass is 389 g/mol. The van der Waals surface area contributed by atoms with E-state index in [0.29, 0.717) is 11.8 Å². The summed E-state index contributed by atoms with van der Waals surface area (Å²) in [5, 5.41) is 3.98. The Morgan fingerprint density at radius 1 is 1.38 bits per heavy atom. The number of rotatable bonds is 6. The fourth-order valence-corrected chi connectivity index (χ4v) is 3.97. The summed E-state index contributed by atoms with van der Waals surface area (Å²) in [6, 6.07) is 7.39. The van der Waals surface area contributed by atoms with Crippen molar-refractivity contribution in [2.75, 3.05) is 32.5 Å². The Morgan fingerprint density at radius 2 is 2.15 bits per heavy atom. The van der Waals surface area contributed by atoms with Crippen molar-refractivity contribution in [3.63, 3.8) is 0 Å². The largest absolute Gasteiger partial charge is 0.411 e. The van der Waals surface area contributed by atoms with Crippen LogP contribution in [-0.2, 0) is 17.9 Å². The van der Waals surface area contributed by atoms with Crippen molar-refractivity contribution in [2.24, 2.45) is 4.99 Å². The SMILES string of the molecule is CCC1CN(C(=NC)NCc2cccc(COCC(F)(F)F)c2)CCS1. The quantitative estimate of drug-likeness (QED) is 0.595. The smallest absolute Gasteiger partial charge is 0.367 e. The Morgan fingerprint density at radius 3 is 2.85 bits per heavy atom. The van der Waals surface area contributed by atoms with Crippen LogP contribution >= 0.6 is 11.8 Å². The van der Waals surface area contributed by atoms with Crippen LogP contribution in [0.15, 0.2) is 29.3 Å². The van der Waals surface area contributed by atoms with Gasteiger partial charge in [0.2, 0.25) is 0 Å². The molecule has 26 heavy (non-hydrogen) atoms. The van der Waals surface area contributed by atoms with Crippen molar-refractivity contribution >= 4 is 17.7 Å². The number of hydrogen-bond acceptors (Lipinski definition) is 3. The van der Waals surface area contributed by atoms with Gasteiger partial charge in [0.05, 0.1) is 6.61 Å². The molecule has 1 aromatic carbocycles. The van der Waals surface area contributed by atoms with Gasteiger partial charge in [0.25, 0.3) is 0 Å². The number of nitrogens with one attached hydrogen (secondary N) is 1. The highest BCUT2D eigenvalue weighted by molar-refractivity contribution is 8.00. The van der Waals surface area contributed by atoms with Gasteiger partial charge >= 0.3 is 6.18 Å². The molecule has 0 bridgehead atoms. The fourth-order valence-electron chi connectivity index (χ4n) is 2.79. The Hall–Kier alpha value is -1.41. The fraction of sp³-hybridized carbons (Fsp3) is 0.611. The van der Waals surface area contributed by atoms with Gasteiger partial charge in [0.15, 0.2) is 5.96 Å². The molecule has 0 aromatic heterocycles. The maximum absolute atomic E-state index is 12.2. The van der Waals surface area contributed by atoms with E-state index in [-0.39, 0.29) is 6.61 Å². The second-order valence-corrected chi connectivity index (χ2v) is 7.58. The molecule has 1 unspecified atom stereocenters. The van der Waals surface area contributed by atoms with Crippen LogP contribution in [0.3, 0.4) is 0 Å². The van der Waals surface area contributed by atoms with E-state index in [9.17, 15) is 13.2 Å². The average molecular weight is 389 g/mol. The van der Waals surface area contributed by atoms with E-state index < -0.39 is 12.8 Å². The molecule has 1 saturated heterocycles. The molecule has 1 heterocycles. The molecule has 0 radical (unpaired) electrons. The molecule has 0 spiro atoms. The summed E-state index contributed by atoms with van der Waals surface area (Å²) in [6.07, 6.45) is -3.16. The molecule has 0 amide bonds. The third-order valence-corrected chi connectivity index (χ3v) is 5.45. The Balaban J connectivity index is 1.86. The number of alkyl halides is 3. The summed E-state index contributed by atoms with van der Waals surface area (Å²) < 4.78 is 41.2. The minimum atomic E-state index is -4.30. The van der Waals surface area contributed by atoms with Gasteiger partial charge in [-0.15, -0.1) is 0 Å². The van der Waals surface area contributed by atoms with Crippen LogP contribution in [0.4, 0.5) is 13.2 Å². The Kier molecular flexibility index (Phi) is 8.09. The highest BCUT2D eigenvalue weighted by atomic mass is 32.2. The summed E-state index contributed by atoms with van der Waals surface area (Å²) in [5.74, 6) is 1.95. The third kappa shape index (κ3) is 7.07. The van der Waals surface area contributed by atoms with Gasteiger partial charge in [0, 0.05) is 37.7 Å². The van der Waals surface area contributed by atoms with Gasteiger partial charge in [-0.25, -0.2) is 0 Å². The highest BCUT2D eigenvalue weighted by Crippen LogP contribution is 2.21. The van der Waals surface area contributed by atoms with Crippen molar-refractivity contribution in [3.8, 4) is 0 Å². The lowest BCUT2D eigenvalue weighted by atomic mass is 10.1. The number of benzene rings is 1. The van der Waals surface area contributed by atoms with Crippen LogP contribution in [0.2, 0.25) is 0 Å². The van der Waals surface area contributed by atoms with E-state index in [0.717, 1.165) is 42.3 Å². The minimum Gasteiger partial charge on any atom is -0.367 e. The lowest BCUT2D eigenvalue weighted by Crippen LogP contribution is -2.47. The lowest BCUT2D eigenvalue weighted by Gasteiger charge is -2.34. The Labute approximate surface area is 157 Å². The summed E-state index contributed by atoms with van der Waals surface area (Å²) in [5.41, 5.74) is 1.71. The second-order valence-electron chi connectivity index (χ2n) is 6.18. The van der Waals surface area contributed by atoms with Crippen LogP contribution in [0.25, 0.3) is 0 Å². The van der Waals surface area contributed by atoms with Gasteiger partial charge in [-0.05, 0) is 17.5 Å². The molecule has 4 nitrogen and oxygen atoms in total. The molecule has 1 aliphatic rings. The first-order valence-electron chi connectivity index (χ1n) is 8.70. The molecule has 1 aromatic rings. The first-order chi connectivity index (χ1) is 12.4. The van der Waals surface area contributed by atoms with Crippen molar-refractivity contribution < 1.29 is 17.9 Å². The molecule has 1 atom stereocenters. The molecule has 8 heteroatoms. The minimum absolute atomic E-state index is 0.0520. The zero-order valence-corrected chi connectivity index (χ0v) is 16.0. The maximum atomic E-state index is 12.2. The predicted molar refractivity (Wildman–Crippen MR) is 100 cm³/mol. The molecular formula is C18H26F3N3OS. The molecule has 1 aliphatic heterocycles. The van der Waals surface area contributed by atoms with Gasteiger partial charge < -0.3 is 15.0 Å².